The van der Waals surface area contributed by atoms with Gasteiger partial charge in [-0.3, -0.25) is 0 Å². The number of aryl methyl sites for hydroxylation is 1. The fourth-order valence-corrected chi connectivity index (χ4v) is 3.68. The van der Waals surface area contributed by atoms with Crippen LogP contribution in [0.2, 0.25) is 10.0 Å². The first-order valence-corrected chi connectivity index (χ1v) is 11.1. The van der Waals surface area contributed by atoms with Crippen molar-refractivity contribution < 1.29 is 17.9 Å². The normalized spacial score (nSPS) is 11.7. The number of aromatic nitrogens is 3. The topological polar surface area (TPSA) is 117 Å². The van der Waals surface area contributed by atoms with E-state index in [0.717, 1.165) is 0 Å². The summed E-state index contributed by atoms with van der Waals surface area (Å²) in [6.07, 6.45) is 1.10. The molecule has 0 bridgehead atoms. The number of sulfone groups is 1. The summed E-state index contributed by atoms with van der Waals surface area (Å²) in [4.78, 5) is 4.25. The van der Waals surface area contributed by atoms with Gasteiger partial charge in [0, 0.05) is 25.7 Å². The van der Waals surface area contributed by atoms with Crippen LogP contribution in [0.15, 0.2) is 18.2 Å². The van der Waals surface area contributed by atoms with Gasteiger partial charge in [-0.15, -0.1) is 10.2 Å². The average Bonchev–Trinajstić information content (AvgIpc) is 2.66. The van der Waals surface area contributed by atoms with Crippen molar-refractivity contribution in [3.8, 4) is 11.3 Å². The molecular weight excluding hydrogens is 427 g/mol. The van der Waals surface area contributed by atoms with Gasteiger partial charge in [-0.2, -0.15) is 0 Å². The number of methoxy groups -OCH3 is 1. The molecule has 0 atom stereocenters. The van der Waals surface area contributed by atoms with Crippen molar-refractivity contribution in [3.05, 3.63) is 34.1 Å². The minimum atomic E-state index is -3.15. The van der Waals surface area contributed by atoms with Crippen molar-refractivity contribution in [2.24, 2.45) is 0 Å². The largest absolute Gasteiger partial charge is 0.384 e. The van der Waals surface area contributed by atoms with Crippen molar-refractivity contribution in [2.45, 2.75) is 12.8 Å². The Morgan fingerprint density at radius 1 is 1.11 bits per heavy atom. The van der Waals surface area contributed by atoms with Crippen LogP contribution in [0, 0.1) is 0 Å². The molecule has 1 aromatic heterocycles. The maximum atomic E-state index is 11.7. The van der Waals surface area contributed by atoms with Gasteiger partial charge < -0.3 is 15.2 Å². The predicted molar refractivity (Wildman–Crippen MR) is 109 cm³/mol. The van der Waals surface area contributed by atoms with E-state index in [-0.39, 0.29) is 30.5 Å². The van der Waals surface area contributed by atoms with Crippen molar-refractivity contribution in [1.82, 2.24) is 15.2 Å². The van der Waals surface area contributed by atoms with Gasteiger partial charge in [0.05, 0.1) is 34.8 Å². The van der Waals surface area contributed by atoms with Crippen molar-refractivity contribution in [3.63, 3.8) is 0 Å². The van der Waals surface area contributed by atoms with E-state index in [1.807, 2.05) is 0 Å². The molecule has 0 aliphatic rings. The maximum Gasteiger partial charge on any atom is 0.154 e. The standard InChI is InChI=1S/C17H22Cl2N4O4S/c1-26-8-10-28(24,25)11-9-27-7-3-6-14-21-17(20)16(23-22-14)12-4-2-5-13(18)15(12)19/h2,4-5H,3,6-11H2,1H3,(H2,20,21,22). The molecule has 154 valence electrons. The maximum absolute atomic E-state index is 11.7. The number of nitrogens with zero attached hydrogens (tertiary/aromatic N) is 3. The molecule has 0 aliphatic carbocycles. The SMILES string of the molecule is COCCS(=O)(=O)CCOCCCc1nnc(-c2cccc(Cl)c2Cl)c(N)n1. The van der Waals surface area contributed by atoms with Gasteiger partial charge in [0.15, 0.2) is 21.5 Å². The Kier molecular flexibility index (Phi) is 8.84. The summed E-state index contributed by atoms with van der Waals surface area (Å²) in [6, 6.07) is 5.15. The van der Waals surface area contributed by atoms with Crippen LogP contribution in [0.4, 0.5) is 5.82 Å². The highest BCUT2D eigenvalue weighted by Gasteiger charge is 2.14. The lowest BCUT2D eigenvalue weighted by Crippen LogP contribution is -2.18. The van der Waals surface area contributed by atoms with Crippen LogP contribution in [0.25, 0.3) is 11.3 Å². The monoisotopic (exact) mass is 448 g/mol. The molecule has 0 spiro atoms. The number of hydrogen-bond donors (Lipinski definition) is 1. The number of anilines is 1. The number of benzene rings is 1. The minimum Gasteiger partial charge on any atom is -0.384 e. The smallest absolute Gasteiger partial charge is 0.154 e. The molecule has 1 heterocycles. The predicted octanol–water partition coefficient (Wildman–Crippen LogP) is 2.44. The Morgan fingerprint density at radius 2 is 1.86 bits per heavy atom. The molecule has 0 saturated heterocycles. The Hall–Kier alpha value is -1.52. The summed E-state index contributed by atoms with van der Waals surface area (Å²) < 4.78 is 33.4. The number of nitrogen functional groups attached to an aromatic ring is 1. The van der Waals surface area contributed by atoms with E-state index in [1.54, 1.807) is 18.2 Å². The molecule has 0 saturated carbocycles. The summed E-state index contributed by atoms with van der Waals surface area (Å²) in [5, 5.41) is 8.92. The Balaban J connectivity index is 1.81. The van der Waals surface area contributed by atoms with E-state index in [1.165, 1.54) is 7.11 Å². The quantitative estimate of drug-likeness (QED) is 0.520. The van der Waals surface area contributed by atoms with Crippen LogP contribution in [-0.4, -0.2) is 62.0 Å². The van der Waals surface area contributed by atoms with E-state index in [2.05, 4.69) is 15.2 Å². The summed E-state index contributed by atoms with van der Waals surface area (Å²) >= 11 is 12.2. The summed E-state index contributed by atoms with van der Waals surface area (Å²) in [5.41, 5.74) is 6.92. The third kappa shape index (κ3) is 6.82. The fourth-order valence-electron chi connectivity index (χ4n) is 2.29. The zero-order valence-corrected chi connectivity index (χ0v) is 17.7. The lowest BCUT2D eigenvalue weighted by molar-refractivity contribution is 0.146. The molecule has 0 aliphatic heterocycles. The molecule has 2 aromatic rings. The Bertz CT molecular complexity index is 897. The number of nitrogens with two attached hydrogens (primary N) is 1. The number of hydrogen-bond acceptors (Lipinski definition) is 8. The molecule has 2 N–H and O–H groups in total. The molecule has 0 unspecified atom stereocenters. The fraction of sp³-hybridized carbons (Fsp3) is 0.471. The molecule has 0 amide bonds. The second kappa shape index (κ2) is 10.9. The Morgan fingerprint density at radius 3 is 2.57 bits per heavy atom. The molecule has 0 radical (unpaired) electrons. The molecule has 11 heteroatoms. The number of rotatable bonds is 11. The third-order valence-corrected chi connectivity index (χ3v) is 6.19. The van der Waals surface area contributed by atoms with Gasteiger partial charge in [0.25, 0.3) is 0 Å². The van der Waals surface area contributed by atoms with Crippen LogP contribution in [0.5, 0.6) is 0 Å². The van der Waals surface area contributed by atoms with E-state index >= 15 is 0 Å². The van der Waals surface area contributed by atoms with Crippen LogP contribution in [0.3, 0.4) is 0 Å². The van der Waals surface area contributed by atoms with Crippen molar-refractivity contribution >= 4 is 38.9 Å². The van der Waals surface area contributed by atoms with E-state index < -0.39 is 9.84 Å². The zero-order chi connectivity index (χ0) is 20.6. The van der Waals surface area contributed by atoms with Gasteiger partial charge in [-0.1, -0.05) is 35.3 Å². The molecule has 1 aromatic carbocycles. The first kappa shape index (κ1) is 22.8. The van der Waals surface area contributed by atoms with E-state index in [0.29, 0.717) is 46.6 Å². The van der Waals surface area contributed by atoms with E-state index in [4.69, 9.17) is 38.4 Å². The summed E-state index contributed by atoms with van der Waals surface area (Å²) in [5.74, 6) is 0.639. The van der Waals surface area contributed by atoms with Crippen LogP contribution in [-0.2, 0) is 25.7 Å². The van der Waals surface area contributed by atoms with Crippen LogP contribution < -0.4 is 5.73 Å². The zero-order valence-electron chi connectivity index (χ0n) is 15.4. The first-order valence-electron chi connectivity index (χ1n) is 8.54. The van der Waals surface area contributed by atoms with Crippen LogP contribution >= 0.6 is 23.2 Å². The lowest BCUT2D eigenvalue weighted by atomic mass is 10.1. The van der Waals surface area contributed by atoms with Crippen molar-refractivity contribution in [2.75, 3.05) is 44.2 Å². The average molecular weight is 449 g/mol. The lowest BCUT2D eigenvalue weighted by Gasteiger charge is -2.08. The minimum absolute atomic E-state index is 0.00532. The molecular formula is C17H22Cl2N4O4S. The number of halogens is 2. The highest BCUT2D eigenvalue weighted by Crippen LogP contribution is 2.34. The summed E-state index contributed by atoms with van der Waals surface area (Å²) in [6.45, 7) is 0.703. The number of ether oxygens (including phenoxy) is 2. The molecule has 28 heavy (non-hydrogen) atoms. The van der Waals surface area contributed by atoms with Crippen LogP contribution in [0.1, 0.15) is 12.2 Å². The van der Waals surface area contributed by atoms with Gasteiger partial charge in [0.2, 0.25) is 0 Å². The second-order valence-corrected chi connectivity index (χ2v) is 9.01. The van der Waals surface area contributed by atoms with E-state index in [9.17, 15) is 8.42 Å². The second-order valence-electron chi connectivity index (χ2n) is 5.92. The van der Waals surface area contributed by atoms with Gasteiger partial charge in [0.1, 0.15) is 5.69 Å². The highest BCUT2D eigenvalue weighted by atomic mass is 35.5. The first-order chi connectivity index (χ1) is 13.3. The van der Waals surface area contributed by atoms with Crippen molar-refractivity contribution in [1.29, 1.82) is 0 Å². The molecule has 2 rings (SSSR count). The molecule has 8 nitrogen and oxygen atoms in total. The highest BCUT2D eigenvalue weighted by molar-refractivity contribution is 7.91. The summed E-state index contributed by atoms with van der Waals surface area (Å²) in [7, 11) is -1.68. The van der Waals surface area contributed by atoms with Gasteiger partial charge in [-0.05, 0) is 12.5 Å². The van der Waals surface area contributed by atoms with Gasteiger partial charge >= 0.3 is 0 Å². The van der Waals surface area contributed by atoms with Gasteiger partial charge in [-0.25, -0.2) is 13.4 Å². The molecule has 0 fully saturated rings. The Labute approximate surface area is 174 Å². The third-order valence-electron chi connectivity index (χ3n) is 3.79.